The van der Waals surface area contributed by atoms with Gasteiger partial charge in [0.1, 0.15) is 11.5 Å². The van der Waals surface area contributed by atoms with Crippen molar-refractivity contribution < 1.29 is 14.6 Å². The summed E-state index contributed by atoms with van der Waals surface area (Å²) in [5.41, 5.74) is 1.23. The average molecular weight is 339 g/mol. The summed E-state index contributed by atoms with van der Waals surface area (Å²) in [7, 11) is 0. The SMILES string of the molecule is CCC(c1cccc(Oc2ccccc2)c1)N1CCC(C(=O)O)CC1. The van der Waals surface area contributed by atoms with Crippen LogP contribution in [0.15, 0.2) is 54.6 Å². The first kappa shape index (κ1) is 17.5. The van der Waals surface area contributed by atoms with E-state index >= 15 is 0 Å². The number of hydrogen-bond acceptors (Lipinski definition) is 3. The van der Waals surface area contributed by atoms with E-state index in [-0.39, 0.29) is 5.92 Å². The Kier molecular flexibility index (Phi) is 5.71. The fourth-order valence-electron chi connectivity index (χ4n) is 3.57. The maximum absolute atomic E-state index is 11.2. The van der Waals surface area contributed by atoms with Crippen molar-refractivity contribution in [1.29, 1.82) is 0 Å². The van der Waals surface area contributed by atoms with Gasteiger partial charge in [0.15, 0.2) is 0 Å². The Bertz CT molecular complexity index is 693. The maximum Gasteiger partial charge on any atom is 0.306 e. The van der Waals surface area contributed by atoms with Crippen LogP contribution in [0.3, 0.4) is 0 Å². The summed E-state index contributed by atoms with van der Waals surface area (Å²) in [5, 5.41) is 9.18. The monoisotopic (exact) mass is 339 g/mol. The zero-order valence-electron chi connectivity index (χ0n) is 14.6. The highest BCUT2D eigenvalue weighted by molar-refractivity contribution is 5.70. The minimum absolute atomic E-state index is 0.193. The molecule has 1 aliphatic rings. The number of benzene rings is 2. The summed E-state index contributed by atoms with van der Waals surface area (Å²) in [6.07, 6.45) is 2.45. The molecule has 0 radical (unpaired) electrons. The number of carbonyl (C=O) groups is 1. The molecule has 1 unspecified atom stereocenters. The predicted molar refractivity (Wildman–Crippen MR) is 97.9 cm³/mol. The normalized spacial score (nSPS) is 17.2. The van der Waals surface area contributed by atoms with E-state index in [0.29, 0.717) is 6.04 Å². The molecule has 0 aliphatic carbocycles. The Morgan fingerprint density at radius 1 is 1.12 bits per heavy atom. The highest BCUT2D eigenvalue weighted by Gasteiger charge is 2.28. The van der Waals surface area contributed by atoms with Crippen LogP contribution in [0, 0.1) is 5.92 Å². The van der Waals surface area contributed by atoms with E-state index in [1.807, 2.05) is 42.5 Å². The van der Waals surface area contributed by atoms with Crippen LogP contribution in [-0.2, 0) is 4.79 Å². The quantitative estimate of drug-likeness (QED) is 0.827. The average Bonchev–Trinajstić information content (AvgIpc) is 2.64. The van der Waals surface area contributed by atoms with Gasteiger partial charge in [-0.3, -0.25) is 9.69 Å². The van der Waals surface area contributed by atoms with Crippen LogP contribution >= 0.6 is 0 Å². The Hall–Kier alpha value is -2.33. The van der Waals surface area contributed by atoms with E-state index in [2.05, 4.69) is 24.0 Å². The standard InChI is InChI=1S/C21H25NO3/c1-2-20(22-13-11-16(12-14-22)21(23)24)17-7-6-10-19(15-17)25-18-8-4-3-5-9-18/h3-10,15-16,20H,2,11-14H2,1H3,(H,23,24). The van der Waals surface area contributed by atoms with Crippen molar-refractivity contribution in [1.82, 2.24) is 4.90 Å². The molecule has 4 heteroatoms. The molecule has 1 aliphatic heterocycles. The number of likely N-dealkylation sites (tertiary alicyclic amines) is 1. The molecule has 2 aromatic carbocycles. The van der Waals surface area contributed by atoms with Crippen LogP contribution in [0.4, 0.5) is 0 Å². The molecule has 1 fully saturated rings. The Morgan fingerprint density at radius 3 is 2.44 bits per heavy atom. The van der Waals surface area contributed by atoms with E-state index < -0.39 is 5.97 Å². The number of para-hydroxylation sites is 1. The first-order valence-electron chi connectivity index (χ1n) is 8.97. The molecule has 4 nitrogen and oxygen atoms in total. The van der Waals surface area contributed by atoms with E-state index in [9.17, 15) is 9.90 Å². The summed E-state index contributed by atoms with van der Waals surface area (Å²) in [5.74, 6) is 0.810. The zero-order valence-corrected chi connectivity index (χ0v) is 14.6. The van der Waals surface area contributed by atoms with Gasteiger partial charge in [-0.25, -0.2) is 0 Å². The third-order valence-electron chi connectivity index (χ3n) is 4.93. The number of carboxylic acids is 1. The van der Waals surface area contributed by atoms with Gasteiger partial charge < -0.3 is 9.84 Å². The van der Waals surface area contributed by atoms with Gasteiger partial charge in [-0.15, -0.1) is 0 Å². The van der Waals surface area contributed by atoms with E-state index in [1.54, 1.807) is 0 Å². The number of ether oxygens (including phenoxy) is 1. The smallest absolute Gasteiger partial charge is 0.306 e. The van der Waals surface area contributed by atoms with Gasteiger partial charge in [-0.2, -0.15) is 0 Å². The van der Waals surface area contributed by atoms with Crippen molar-refractivity contribution in [2.24, 2.45) is 5.92 Å². The molecule has 1 saturated heterocycles. The molecule has 0 saturated carbocycles. The lowest BCUT2D eigenvalue weighted by molar-refractivity contribution is -0.143. The number of piperidine rings is 1. The second kappa shape index (κ2) is 8.17. The lowest BCUT2D eigenvalue weighted by Gasteiger charge is -2.36. The lowest BCUT2D eigenvalue weighted by atomic mass is 9.93. The minimum atomic E-state index is -0.661. The third-order valence-corrected chi connectivity index (χ3v) is 4.93. The highest BCUT2D eigenvalue weighted by Crippen LogP contribution is 2.32. The van der Waals surface area contributed by atoms with Gasteiger partial charge in [0.25, 0.3) is 0 Å². The fraction of sp³-hybridized carbons (Fsp3) is 0.381. The van der Waals surface area contributed by atoms with Crippen molar-refractivity contribution in [3.8, 4) is 11.5 Å². The number of carboxylic acid groups (broad SMARTS) is 1. The van der Waals surface area contributed by atoms with Crippen molar-refractivity contribution in [2.75, 3.05) is 13.1 Å². The molecule has 3 rings (SSSR count). The Balaban J connectivity index is 1.71. The molecule has 1 N–H and O–H groups in total. The largest absolute Gasteiger partial charge is 0.481 e. The van der Waals surface area contributed by atoms with Gasteiger partial charge in [-0.05, 0) is 62.2 Å². The summed E-state index contributed by atoms with van der Waals surface area (Å²) in [4.78, 5) is 13.6. The van der Waals surface area contributed by atoms with Crippen LogP contribution in [-0.4, -0.2) is 29.1 Å². The molecule has 0 bridgehead atoms. The summed E-state index contributed by atoms with van der Waals surface area (Å²) in [6.45, 7) is 3.84. The second-order valence-corrected chi connectivity index (χ2v) is 6.56. The van der Waals surface area contributed by atoms with Crippen LogP contribution in [0.5, 0.6) is 11.5 Å². The van der Waals surface area contributed by atoms with Crippen LogP contribution in [0.2, 0.25) is 0 Å². The van der Waals surface area contributed by atoms with E-state index in [4.69, 9.17) is 4.74 Å². The topological polar surface area (TPSA) is 49.8 Å². The molecule has 0 aromatic heterocycles. The molecular formula is C21H25NO3. The van der Waals surface area contributed by atoms with Gasteiger partial charge in [0, 0.05) is 6.04 Å². The molecule has 25 heavy (non-hydrogen) atoms. The molecule has 2 aromatic rings. The van der Waals surface area contributed by atoms with Gasteiger partial charge in [0.05, 0.1) is 5.92 Å². The molecule has 0 amide bonds. The van der Waals surface area contributed by atoms with Gasteiger partial charge in [0.2, 0.25) is 0 Å². The summed E-state index contributed by atoms with van der Waals surface area (Å²) < 4.78 is 5.95. The van der Waals surface area contributed by atoms with Crippen molar-refractivity contribution in [2.45, 2.75) is 32.2 Å². The van der Waals surface area contributed by atoms with Gasteiger partial charge in [-0.1, -0.05) is 37.3 Å². The van der Waals surface area contributed by atoms with Crippen molar-refractivity contribution >= 4 is 5.97 Å². The Morgan fingerprint density at radius 2 is 1.80 bits per heavy atom. The van der Waals surface area contributed by atoms with E-state index in [0.717, 1.165) is 43.9 Å². The summed E-state index contributed by atoms with van der Waals surface area (Å²) in [6, 6.07) is 18.3. The third kappa shape index (κ3) is 4.40. The van der Waals surface area contributed by atoms with Crippen LogP contribution < -0.4 is 4.74 Å². The molecule has 1 atom stereocenters. The Labute approximate surface area is 149 Å². The highest BCUT2D eigenvalue weighted by atomic mass is 16.5. The van der Waals surface area contributed by atoms with Crippen molar-refractivity contribution in [3.63, 3.8) is 0 Å². The first-order chi connectivity index (χ1) is 12.2. The lowest BCUT2D eigenvalue weighted by Crippen LogP contribution is -2.38. The predicted octanol–water partition coefficient (Wildman–Crippen LogP) is 4.73. The van der Waals surface area contributed by atoms with Crippen LogP contribution in [0.25, 0.3) is 0 Å². The summed E-state index contributed by atoms with van der Waals surface area (Å²) >= 11 is 0. The molecule has 0 spiro atoms. The first-order valence-corrected chi connectivity index (χ1v) is 8.97. The number of rotatable bonds is 6. The van der Waals surface area contributed by atoms with Crippen molar-refractivity contribution in [3.05, 3.63) is 60.2 Å². The maximum atomic E-state index is 11.2. The molecular weight excluding hydrogens is 314 g/mol. The molecule has 132 valence electrons. The number of aliphatic carboxylic acids is 1. The van der Waals surface area contributed by atoms with E-state index in [1.165, 1.54) is 5.56 Å². The number of hydrogen-bond donors (Lipinski definition) is 1. The van der Waals surface area contributed by atoms with Gasteiger partial charge >= 0.3 is 5.97 Å². The fourth-order valence-corrected chi connectivity index (χ4v) is 3.57. The molecule has 1 heterocycles. The zero-order chi connectivity index (χ0) is 17.6. The minimum Gasteiger partial charge on any atom is -0.481 e. The van der Waals surface area contributed by atoms with Crippen LogP contribution in [0.1, 0.15) is 37.8 Å². The second-order valence-electron chi connectivity index (χ2n) is 6.56. The number of nitrogens with zero attached hydrogens (tertiary/aromatic N) is 1.